The summed E-state index contributed by atoms with van der Waals surface area (Å²) in [6.45, 7) is 4.01. The molecular weight excluding hydrogens is 537 g/mol. The summed E-state index contributed by atoms with van der Waals surface area (Å²) in [5, 5.41) is 13.2. The molecule has 0 aromatic heterocycles. The highest BCUT2D eigenvalue weighted by Gasteiger charge is 2.24. The second-order valence-electron chi connectivity index (χ2n) is 11.5. The Morgan fingerprint density at radius 1 is 0.683 bits per heavy atom. The van der Waals surface area contributed by atoms with Crippen molar-refractivity contribution in [2.45, 2.75) is 174 Å². The Bertz CT molecular complexity index is 693. The highest BCUT2D eigenvalue weighted by molar-refractivity contribution is 7.46. The van der Waals surface area contributed by atoms with Gasteiger partial charge in [-0.3, -0.25) is 9.32 Å². The number of carbonyl (C=O) groups excluding carboxylic acids is 1. The van der Waals surface area contributed by atoms with Crippen LogP contribution in [-0.2, 0) is 13.9 Å². The number of phosphoric ester groups is 1. The smallest absolute Gasteiger partial charge is 0.387 e. The summed E-state index contributed by atoms with van der Waals surface area (Å²) in [4.78, 5) is 30.6. The summed E-state index contributed by atoms with van der Waals surface area (Å²) in [6, 6.07) is -0.909. The van der Waals surface area contributed by atoms with E-state index < -0.39 is 26.6 Å². The standard InChI is InChI=1S/C33H64NO6P/c1-3-5-7-9-11-13-15-16-17-18-19-21-23-25-27-29-33(36)34-31(30-40-41(37,38)39)32(35)28-26-24-22-20-14-12-10-8-6-4-2/h16-17,26,28,31-32,35H,3-15,18-25,27,29-30H2,1-2H3,(H,34,36)(H2,37,38,39)/b17-16+,28-26+/t31-,32+/m0/s1. The topological polar surface area (TPSA) is 116 Å². The monoisotopic (exact) mass is 601 g/mol. The third-order valence-electron chi connectivity index (χ3n) is 7.40. The second-order valence-corrected chi connectivity index (χ2v) is 12.7. The summed E-state index contributed by atoms with van der Waals surface area (Å²) in [5.74, 6) is -0.238. The van der Waals surface area contributed by atoms with Crippen molar-refractivity contribution in [2.75, 3.05) is 6.61 Å². The van der Waals surface area contributed by atoms with Gasteiger partial charge in [0.25, 0.3) is 0 Å². The summed E-state index contributed by atoms with van der Waals surface area (Å²) in [6.07, 6.45) is 33.4. The summed E-state index contributed by atoms with van der Waals surface area (Å²) < 4.78 is 15.8. The predicted octanol–water partition coefficient (Wildman–Crippen LogP) is 9.07. The minimum Gasteiger partial charge on any atom is -0.387 e. The molecule has 0 saturated carbocycles. The van der Waals surface area contributed by atoms with Crippen molar-refractivity contribution < 1.29 is 28.8 Å². The number of unbranched alkanes of at least 4 members (excludes halogenated alkanes) is 19. The van der Waals surface area contributed by atoms with Gasteiger partial charge in [0, 0.05) is 6.42 Å². The predicted molar refractivity (Wildman–Crippen MR) is 172 cm³/mol. The number of nitrogens with one attached hydrogen (secondary N) is 1. The third-order valence-corrected chi connectivity index (χ3v) is 7.89. The number of amides is 1. The average molecular weight is 602 g/mol. The maximum atomic E-state index is 12.5. The van der Waals surface area contributed by atoms with Gasteiger partial charge in [-0.25, -0.2) is 4.57 Å². The molecule has 0 heterocycles. The van der Waals surface area contributed by atoms with Crippen LogP contribution < -0.4 is 5.32 Å². The van der Waals surface area contributed by atoms with Crippen LogP contribution in [0.3, 0.4) is 0 Å². The second kappa shape index (κ2) is 29.1. The Labute approximate surface area is 252 Å². The zero-order valence-corrected chi connectivity index (χ0v) is 27.3. The molecule has 0 unspecified atom stereocenters. The Hall–Kier alpha value is -0.980. The fraction of sp³-hybridized carbons (Fsp3) is 0.848. The third kappa shape index (κ3) is 30.3. The van der Waals surface area contributed by atoms with E-state index in [0.717, 1.165) is 51.4 Å². The fourth-order valence-electron chi connectivity index (χ4n) is 4.80. The zero-order valence-electron chi connectivity index (χ0n) is 26.4. The minimum atomic E-state index is -4.70. The number of phosphoric acid groups is 1. The molecule has 0 radical (unpaired) electrons. The van der Waals surface area contributed by atoms with E-state index in [1.54, 1.807) is 6.08 Å². The average Bonchev–Trinajstić information content (AvgIpc) is 2.93. The molecule has 242 valence electrons. The molecule has 0 aliphatic carbocycles. The molecule has 41 heavy (non-hydrogen) atoms. The highest BCUT2D eigenvalue weighted by atomic mass is 31.2. The normalized spacial score (nSPS) is 13.8. The molecule has 1 amide bonds. The van der Waals surface area contributed by atoms with Crippen LogP contribution in [0.1, 0.15) is 162 Å². The van der Waals surface area contributed by atoms with Crippen LogP contribution in [0.15, 0.2) is 24.3 Å². The van der Waals surface area contributed by atoms with E-state index in [-0.39, 0.29) is 5.91 Å². The Morgan fingerprint density at radius 3 is 1.56 bits per heavy atom. The zero-order chi connectivity index (χ0) is 30.4. The van der Waals surface area contributed by atoms with Crippen molar-refractivity contribution in [3.05, 3.63) is 24.3 Å². The molecule has 0 bridgehead atoms. The Morgan fingerprint density at radius 2 is 1.10 bits per heavy atom. The maximum Gasteiger partial charge on any atom is 0.469 e. The number of aliphatic hydroxyl groups excluding tert-OH is 1. The molecule has 0 fully saturated rings. The minimum absolute atomic E-state index is 0.238. The van der Waals surface area contributed by atoms with Gasteiger partial charge < -0.3 is 20.2 Å². The van der Waals surface area contributed by atoms with Crippen molar-refractivity contribution in [3.8, 4) is 0 Å². The summed E-state index contributed by atoms with van der Waals surface area (Å²) in [7, 11) is -4.70. The van der Waals surface area contributed by atoms with E-state index in [2.05, 4.69) is 35.8 Å². The SMILES string of the molecule is CCCCCCCC/C=C/CCCCCCCC(=O)N[C@@H](COP(=O)(O)O)[C@H](O)/C=C/CCCCCCCCCC. The quantitative estimate of drug-likeness (QED) is 0.0371. The van der Waals surface area contributed by atoms with E-state index in [9.17, 15) is 14.5 Å². The van der Waals surface area contributed by atoms with E-state index >= 15 is 0 Å². The van der Waals surface area contributed by atoms with Crippen molar-refractivity contribution in [3.63, 3.8) is 0 Å². The first-order valence-electron chi connectivity index (χ1n) is 16.8. The van der Waals surface area contributed by atoms with Gasteiger partial charge >= 0.3 is 7.82 Å². The van der Waals surface area contributed by atoms with Gasteiger partial charge in [0.2, 0.25) is 5.91 Å². The molecule has 0 aliphatic heterocycles. The number of hydrogen-bond donors (Lipinski definition) is 4. The first kappa shape index (κ1) is 40.0. The van der Waals surface area contributed by atoms with Crippen molar-refractivity contribution in [2.24, 2.45) is 0 Å². The van der Waals surface area contributed by atoms with Gasteiger partial charge in [0.1, 0.15) is 0 Å². The first-order chi connectivity index (χ1) is 19.8. The number of allylic oxidation sites excluding steroid dienone is 3. The lowest BCUT2D eigenvalue weighted by Gasteiger charge is -2.22. The molecule has 7 nitrogen and oxygen atoms in total. The van der Waals surface area contributed by atoms with E-state index in [0.29, 0.717) is 6.42 Å². The lowest BCUT2D eigenvalue weighted by molar-refractivity contribution is -0.123. The molecule has 0 aromatic carbocycles. The highest BCUT2D eigenvalue weighted by Crippen LogP contribution is 2.35. The largest absolute Gasteiger partial charge is 0.469 e. The molecule has 8 heteroatoms. The van der Waals surface area contributed by atoms with Crippen molar-refractivity contribution in [1.29, 1.82) is 0 Å². The number of carbonyl (C=O) groups is 1. The molecule has 0 saturated heterocycles. The van der Waals surface area contributed by atoms with Crippen molar-refractivity contribution >= 4 is 13.7 Å². The molecular formula is C33H64NO6P. The number of hydrogen-bond acceptors (Lipinski definition) is 4. The van der Waals surface area contributed by atoms with Crippen molar-refractivity contribution in [1.82, 2.24) is 5.32 Å². The lowest BCUT2D eigenvalue weighted by atomic mass is 10.1. The van der Waals surface area contributed by atoms with Crippen LogP contribution in [0, 0.1) is 0 Å². The molecule has 4 N–H and O–H groups in total. The first-order valence-corrected chi connectivity index (χ1v) is 18.3. The van der Waals surface area contributed by atoms with Crippen LogP contribution in [0.5, 0.6) is 0 Å². The Kier molecular flexibility index (Phi) is 28.4. The number of aliphatic hydroxyl groups is 1. The molecule has 0 aliphatic rings. The lowest BCUT2D eigenvalue weighted by Crippen LogP contribution is -2.45. The van der Waals surface area contributed by atoms with Gasteiger partial charge in [-0.2, -0.15) is 0 Å². The summed E-state index contributed by atoms with van der Waals surface area (Å²) in [5.41, 5.74) is 0. The molecule has 0 aromatic rings. The molecule has 2 atom stereocenters. The van der Waals surface area contributed by atoms with Crippen LogP contribution in [-0.4, -0.2) is 39.6 Å². The van der Waals surface area contributed by atoms with Crippen LogP contribution >= 0.6 is 7.82 Å². The van der Waals surface area contributed by atoms with E-state index in [1.165, 1.54) is 89.9 Å². The van der Waals surface area contributed by atoms with Crippen LogP contribution in [0.2, 0.25) is 0 Å². The maximum absolute atomic E-state index is 12.5. The van der Waals surface area contributed by atoms with Gasteiger partial charge in [-0.05, 0) is 44.9 Å². The van der Waals surface area contributed by atoms with E-state index in [4.69, 9.17) is 9.79 Å². The molecule has 0 spiro atoms. The van der Waals surface area contributed by atoms with E-state index in [1.807, 2.05) is 6.08 Å². The number of rotatable bonds is 30. The van der Waals surface area contributed by atoms with Crippen LogP contribution in [0.4, 0.5) is 0 Å². The van der Waals surface area contributed by atoms with Gasteiger partial charge in [-0.1, -0.05) is 134 Å². The summed E-state index contributed by atoms with van der Waals surface area (Å²) >= 11 is 0. The Balaban J connectivity index is 4.10. The van der Waals surface area contributed by atoms with Crippen LogP contribution in [0.25, 0.3) is 0 Å². The van der Waals surface area contributed by atoms with Gasteiger partial charge in [0.05, 0.1) is 18.8 Å². The van der Waals surface area contributed by atoms with Gasteiger partial charge in [0.15, 0.2) is 0 Å². The fourth-order valence-corrected chi connectivity index (χ4v) is 5.16. The molecule has 0 rings (SSSR count). The van der Waals surface area contributed by atoms with Gasteiger partial charge in [-0.15, -0.1) is 0 Å².